The Bertz CT molecular complexity index is 979. The summed E-state index contributed by atoms with van der Waals surface area (Å²) in [6, 6.07) is 3.94. The van der Waals surface area contributed by atoms with E-state index in [1.807, 2.05) is 0 Å². The molecule has 0 saturated heterocycles. The standard InChI is InChI=1S/C16H7BF6O2/c18-7-5-8-9(1-2-10(19)14(8)13(22)6-7)17(24)25-16-12(21)4-3-11(20)15(16)23/h1-6,24H. The highest BCUT2D eigenvalue weighted by atomic mass is 19.2. The first-order valence-electron chi connectivity index (χ1n) is 6.85. The van der Waals surface area contributed by atoms with Gasteiger partial charge in [-0.1, -0.05) is 6.07 Å². The molecule has 0 saturated carbocycles. The van der Waals surface area contributed by atoms with Crippen molar-refractivity contribution in [2.24, 2.45) is 0 Å². The minimum absolute atomic E-state index is 0.363. The SMILES string of the molecule is OB(Oc1c(F)ccc(F)c1F)c1ccc(F)c2c(F)cc(F)cc12. The van der Waals surface area contributed by atoms with Crippen molar-refractivity contribution in [2.75, 3.05) is 0 Å². The Labute approximate surface area is 137 Å². The second-order valence-corrected chi connectivity index (χ2v) is 5.09. The quantitative estimate of drug-likeness (QED) is 0.443. The fourth-order valence-electron chi connectivity index (χ4n) is 2.39. The van der Waals surface area contributed by atoms with Gasteiger partial charge in [-0.25, -0.2) is 22.0 Å². The smallest absolute Gasteiger partial charge is 0.528 e. The first kappa shape index (κ1) is 17.2. The number of hydrogen-bond donors (Lipinski definition) is 1. The first-order chi connectivity index (χ1) is 11.8. The molecule has 0 bridgehead atoms. The molecule has 2 nitrogen and oxygen atoms in total. The van der Waals surface area contributed by atoms with Gasteiger partial charge in [-0.2, -0.15) is 4.39 Å². The Kier molecular flexibility index (Phi) is 4.34. The number of hydrogen-bond acceptors (Lipinski definition) is 2. The molecule has 0 aliphatic carbocycles. The molecule has 0 aliphatic heterocycles. The van der Waals surface area contributed by atoms with Crippen molar-refractivity contribution >= 4 is 23.4 Å². The van der Waals surface area contributed by atoms with E-state index in [-0.39, 0.29) is 5.46 Å². The zero-order valence-electron chi connectivity index (χ0n) is 12.2. The third-order valence-electron chi connectivity index (χ3n) is 3.51. The highest BCUT2D eigenvalue weighted by Gasteiger charge is 2.28. The number of fused-ring (bicyclic) bond motifs is 1. The van der Waals surface area contributed by atoms with Crippen molar-refractivity contribution in [2.45, 2.75) is 0 Å². The third kappa shape index (κ3) is 3.02. The van der Waals surface area contributed by atoms with E-state index in [1.54, 1.807) is 0 Å². The van der Waals surface area contributed by atoms with Gasteiger partial charge in [0, 0.05) is 11.5 Å². The molecule has 0 atom stereocenters. The van der Waals surface area contributed by atoms with Crippen molar-refractivity contribution in [3.8, 4) is 5.75 Å². The molecular weight excluding hydrogens is 349 g/mol. The maximum Gasteiger partial charge on any atom is 0.560 e. The van der Waals surface area contributed by atoms with Gasteiger partial charge in [0.1, 0.15) is 17.5 Å². The second-order valence-electron chi connectivity index (χ2n) is 5.09. The maximum atomic E-state index is 13.8. The monoisotopic (exact) mass is 356 g/mol. The summed E-state index contributed by atoms with van der Waals surface area (Å²) in [6.07, 6.45) is 0. The molecule has 0 fully saturated rings. The molecule has 25 heavy (non-hydrogen) atoms. The highest BCUT2D eigenvalue weighted by Crippen LogP contribution is 2.25. The van der Waals surface area contributed by atoms with Gasteiger partial charge in [0.25, 0.3) is 0 Å². The molecular formula is C16H7BF6O2. The van der Waals surface area contributed by atoms with Gasteiger partial charge in [-0.05, 0) is 29.7 Å². The predicted octanol–water partition coefficient (Wildman–Crippen LogP) is 3.44. The average molecular weight is 356 g/mol. The number of rotatable bonds is 3. The van der Waals surface area contributed by atoms with Crippen LogP contribution in [0.5, 0.6) is 5.75 Å². The molecule has 128 valence electrons. The van der Waals surface area contributed by atoms with Crippen LogP contribution in [0.2, 0.25) is 0 Å². The van der Waals surface area contributed by atoms with Crippen LogP contribution < -0.4 is 10.1 Å². The van der Waals surface area contributed by atoms with Crippen LogP contribution in [0.4, 0.5) is 26.3 Å². The van der Waals surface area contributed by atoms with Crippen molar-refractivity contribution in [3.05, 3.63) is 71.3 Å². The molecule has 9 heteroatoms. The summed E-state index contributed by atoms with van der Waals surface area (Å²) in [5.41, 5.74) is -0.363. The van der Waals surface area contributed by atoms with Crippen LogP contribution in [0.3, 0.4) is 0 Å². The van der Waals surface area contributed by atoms with Crippen LogP contribution in [0, 0.1) is 34.9 Å². The van der Waals surface area contributed by atoms with Crippen molar-refractivity contribution in [1.29, 1.82) is 0 Å². The van der Waals surface area contributed by atoms with E-state index in [0.29, 0.717) is 18.2 Å². The molecule has 0 radical (unpaired) electrons. The summed E-state index contributed by atoms with van der Waals surface area (Å²) >= 11 is 0. The fraction of sp³-hybridized carbons (Fsp3) is 0. The minimum atomic E-state index is -2.14. The Morgan fingerprint density at radius 1 is 0.760 bits per heavy atom. The summed E-state index contributed by atoms with van der Waals surface area (Å²) in [7, 11) is -2.14. The number of benzene rings is 3. The molecule has 3 aromatic rings. The lowest BCUT2D eigenvalue weighted by atomic mass is 9.76. The second kappa shape index (κ2) is 6.32. The van der Waals surface area contributed by atoms with Crippen molar-refractivity contribution in [1.82, 2.24) is 0 Å². The van der Waals surface area contributed by atoms with Crippen LogP contribution in [-0.4, -0.2) is 12.1 Å². The molecule has 3 rings (SSSR count). The van der Waals surface area contributed by atoms with E-state index >= 15 is 0 Å². The van der Waals surface area contributed by atoms with Crippen molar-refractivity contribution < 1.29 is 36.0 Å². The topological polar surface area (TPSA) is 29.5 Å². The summed E-state index contributed by atoms with van der Waals surface area (Å²) in [5, 5.41) is 9.00. The lowest BCUT2D eigenvalue weighted by Gasteiger charge is -2.14. The normalized spacial score (nSPS) is 11.0. The molecule has 0 spiro atoms. The van der Waals surface area contributed by atoms with Gasteiger partial charge in [-0.3, -0.25) is 0 Å². The Balaban J connectivity index is 2.11. The molecule has 0 amide bonds. The van der Waals surface area contributed by atoms with E-state index in [9.17, 15) is 31.4 Å². The van der Waals surface area contributed by atoms with Gasteiger partial charge in [0.15, 0.2) is 17.4 Å². The summed E-state index contributed by atoms with van der Waals surface area (Å²) in [4.78, 5) is 0. The predicted molar refractivity (Wildman–Crippen MR) is 78.4 cm³/mol. The van der Waals surface area contributed by atoms with Gasteiger partial charge >= 0.3 is 7.12 Å². The van der Waals surface area contributed by atoms with E-state index in [1.165, 1.54) is 0 Å². The average Bonchev–Trinajstić information content (AvgIpc) is 2.54. The van der Waals surface area contributed by atoms with E-state index in [2.05, 4.69) is 4.65 Å². The van der Waals surface area contributed by atoms with Crippen LogP contribution >= 0.6 is 0 Å². The van der Waals surface area contributed by atoms with E-state index < -0.39 is 58.5 Å². The van der Waals surface area contributed by atoms with E-state index in [4.69, 9.17) is 0 Å². The zero-order valence-corrected chi connectivity index (χ0v) is 12.2. The van der Waals surface area contributed by atoms with Crippen molar-refractivity contribution in [3.63, 3.8) is 0 Å². The summed E-state index contributed by atoms with van der Waals surface area (Å²) in [6.45, 7) is 0. The van der Waals surface area contributed by atoms with Crippen LogP contribution in [0.15, 0.2) is 36.4 Å². The Morgan fingerprint density at radius 2 is 1.40 bits per heavy atom. The maximum absolute atomic E-state index is 13.8. The number of halogens is 6. The van der Waals surface area contributed by atoms with Gasteiger partial charge in [0.2, 0.25) is 5.82 Å². The Hall–Kier alpha value is -2.68. The largest absolute Gasteiger partial charge is 0.560 e. The Morgan fingerprint density at radius 3 is 2.12 bits per heavy atom. The first-order valence-corrected chi connectivity index (χ1v) is 6.85. The minimum Gasteiger partial charge on any atom is -0.528 e. The highest BCUT2D eigenvalue weighted by molar-refractivity contribution is 6.63. The van der Waals surface area contributed by atoms with Gasteiger partial charge in [-0.15, -0.1) is 0 Å². The molecule has 0 unspecified atom stereocenters. The lowest BCUT2D eigenvalue weighted by molar-refractivity contribution is 0.378. The third-order valence-corrected chi connectivity index (χ3v) is 3.51. The van der Waals surface area contributed by atoms with Crippen LogP contribution in [0.25, 0.3) is 10.8 Å². The van der Waals surface area contributed by atoms with Crippen LogP contribution in [-0.2, 0) is 0 Å². The molecule has 3 aromatic carbocycles. The molecule has 0 heterocycles. The lowest BCUT2D eigenvalue weighted by Crippen LogP contribution is -2.38. The van der Waals surface area contributed by atoms with Crippen LogP contribution in [0.1, 0.15) is 0 Å². The molecule has 0 aromatic heterocycles. The fourth-order valence-corrected chi connectivity index (χ4v) is 2.39. The molecule has 0 aliphatic rings. The van der Waals surface area contributed by atoms with Gasteiger partial charge < -0.3 is 9.68 Å². The van der Waals surface area contributed by atoms with E-state index in [0.717, 1.165) is 18.2 Å². The summed E-state index contributed by atoms with van der Waals surface area (Å²) < 4.78 is 86.0. The van der Waals surface area contributed by atoms with Gasteiger partial charge in [0.05, 0.1) is 5.39 Å². The zero-order chi connectivity index (χ0) is 18.3. The molecule has 1 N–H and O–H groups in total. The summed E-state index contributed by atoms with van der Waals surface area (Å²) in [5.74, 6) is -8.97.